The number of hydrogen-bond donors (Lipinski definition) is 0. The van der Waals surface area contributed by atoms with Crippen LogP contribution >= 0.6 is 0 Å². The highest BCUT2D eigenvalue weighted by Crippen LogP contribution is 2.32. The maximum Gasteiger partial charge on any atom is 0.343 e. The van der Waals surface area contributed by atoms with Crippen LogP contribution in [0.2, 0.25) is 0 Å². The summed E-state index contributed by atoms with van der Waals surface area (Å²) in [6, 6.07) is 5.19. The highest BCUT2D eigenvalue weighted by molar-refractivity contribution is 5.97. The fourth-order valence-electron chi connectivity index (χ4n) is 2.62. The lowest BCUT2D eigenvalue weighted by molar-refractivity contribution is -0.132. The van der Waals surface area contributed by atoms with Crippen LogP contribution in [-0.4, -0.2) is 11.9 Å². The molecule has 0 amide bonds. The molecule has 1 aromatic rings. The van der Waals surface area contributed by atoms with Crippen molar-refractivity contribution in [2.45, 2.75) is 41.5 Å². The highest BCUT2D eigenvalue weighted by Gasteiger charge is 2.20. The molecule has 0 aromatic heterocycles. The van der Waals surface area contributed by atoms with Crippen molar-refractivity contribution in [1.29, 1.82) is 0 Å². The van der Waals surface area contributed by atoms with Gasteiger partial charge in [0.1, 0.15) is 11.5 Å². The summed E-state index contributed by atoms with van der Waals surface area (Å²) in [6.07, 6.45) is 17.2. The number of aryl methyl sites for hydroxylation is 1. The zero-order valence-electron chi connectivity index (χ0n) is 22.5. The van der Waals surface area contributed by atoms with Gasteiger partial charge < -0.3 is 9.47 Å². The Balaban J connectivity index is 0. The number of allylic oxidation sites excluding steroid dienone is 9. The van der Waals surface area contributed by atoms with Gasteiger partial charge in [0, 0.05) is 0 Å². The average molecular weight is 489 g/mol. The SMILES string of the molecule is C=C/C=C\C(=C/C=C)C(=O)Oc1cccc(C)c1/C(=C\C=C)OC(=O)C(/C=C\C)=C/C=C.CC.CC. The number of carbonyl (C=O) groups is 2. The minimum Gasteiger partial charge on any atom is -0.422 e. The van der Waals surface area contributed by atoms with E-state index >= 15 is 0 Å². The Hall–Kier alpha value is -4.18. The lowest BCUT2D eigenvalue weighted by Crippen LogP contribution is -2.13. The highest BCUT2D eigenvalue weighted by atomic mass is 16.5. The van der Waals surface area contributed by atoms with Crippen LogP contribution in [0, 0.1) is 6.92 Å². The molecule has 0 spiro atoms. The van der Waals surface area contributed by atoms with Crippen LogP contribution in [0.3, 0.4) is 0 Å². The molecule has 0 radical (unpaired) electrons. The van der Waals surface area contributed by atoms with Gasteiger partial charge in [0.2, 0.25) is 0 Å². The van der Waals surface area contributed by atoms with Crippen molar-refractivity contribution in [3.63, 3.8) is 0 Å². The Bertz CT molecular complexity index is 1040. The van der Waals surface area contributed by atoms with Gasteiger partial charge in [-0.2, -0.15) is 0 Å². The Morgan fingerprint density at radius 3 is 1.83 bits per heavy atom. The van der Waals surface area contributed by atoms with Crippen molar-refractivity contribution in [2.24, 2.45) is 0 Å². The predicted octanol–water partition coefficient (Wildman–Crippen LogP) is 8.57. The first kappa shape index (κ1) is 34.0. The summed E-state index contributed by atoms with van der Waals surface area (Å²) in [7, 11) is 0. The molecule has 1 rings (SSSR count). The van der Waals surface area contributed by atoms with E-state index in [-0.39, 0.29) is 17.1 Å². The van der Waals surface area contributed by atoms with Crippen molar-refractivity contribution in [3.05, 3.63) is 134 Å². The third-order valence-corrected chi connectivity index (χ3v) is 3.98. The van der Waals surface area contributed by atoms with Crippen LogP contribution in [0.5, 0.6) is 5.75 Å². The molecule has 192 valence electrons. The second kappa shape index (κ2) is 21.4. The summed E-state index contributed by atoms with van der Waals surface area (Å²) in [5.74, 6) is -0.752. The van der Waals surface area contributed by atoms with Crippen LogP contribution < -0.4 is 4.74 Å². The number of benzene rings is 1. The van der Waals surface area contributed by atoms with Crippen LogP contribution in [-0.2, 0) is 14.3 Å². The second-order valence-electron chi connectivity index (χ2n) is 6.30. The Morgan fingerprint density at radius 2 is 1.33 bits per heavy atom. The normalized spacial score (nSPS) is 11.4. The summed E-state index contributed by atoms with van der Waals surface area (Å²) < 4.78 is 11.3. The number of rotatable bonds is 11. The first-order chi connectivity index (χ1) is 17.4. The van der Waals surface area contributed by atoms with Crippen LogP contribution in [0.4, 0.5) is 0 Å². The fourth-order valence-corrected chi connectivity index (χ4v) is 2.62. The van der Waals surface area contributed by atoms with E-state index in [2.05, 4.69) is 26.3 Å². The first-order valence-corrected chi connectivity index (χ1v) is 11.9. The largest absolute Gasteiger partial charge is 0.422 e. The van der Waals surface area contributed by atoms with Gasteiger partial charge in [-0.05, 0) is 49.8 Å². The molecular weight excluding hydrogens is 448 g/mol. The van der Waals surface area contributed by atoms with E-state index in [1.54, 1.807) is 55.5 Å². The molecular formula is C32H40O4. The first-order valence-electron chi connectivity index (χ1n) is 11.9. The Kier molecular flexibility index (Phi) is 20.2. The number of ether oxygens (including phenoxy) is 2. The molecule has 0 N–H and O–H groups in total. The van der Waals surface area contributed by atoms with E-state index in [1.165, 1.54) is 30.4 Å². The minimum absolute atomic E-state index is 0.196. The molecule has 36 heavy (non-hydrogen) atoms. The number of carbonyl (C=O) groups excluding carboxylic acids is 2. The van der Waals surface area contributed by atoms with Crippen LogP contribution in [0.15, 0.2) is 122 Å². The van der Waals surface area contributed by atoms with Crippen molar-refractivity contribution >= 4 is 17.7 Å². The van der Waals surface area contributed by atoms with E-state index in [4.69, 9.17) is 9.47 Å². The maximum atomic E-state index is 12.8. The van der Waals surface area contributed by atoms with E-state index in [9.17, 15) is 9.59 Å². The Labute approximate surface area is 217 Å². The molecule has 0 aliphatic rings. The topological polar surface area (TPSA) is 52.6 Å². The summed E-state index contributed by atoms with van der Waals surface area (Å²) in [5, 5.41) is 0. The fraction of sp³-hybridized carbons (Fsp3) is 0.188. The summed E-state index contributed by atoms with van der Waals surface area (Å²) in [4.78, 5) is 25.5. The smallest absolute Gasteiger partial charge is 0.343 e. The molecule has 0 aliphatic carbocycles. The quantitative estimate of drug-likeness (QED) is 0.103. The lowest BCUT2D eigenvalue weighted by atomic mass is 10.0. The van der Waals surface area contributed by atoms with Gasteiger partial charge in [-0.25, -0.2) is 9.59 Å². The van der Waals surface area contributed by atoms with Crippen LogP contribution in [0.25, 0.3) is 5.76 Å². The van der Waals surface area contributed by atoms with Gasteiger partial charge >= 0.3 is 11.9 Å². The summed E-state index contributed by atoms with van der Waals surface area (Å²) in [5.41, 5.74) is 1.80. The third-order valence-electron chi connectivity index (χ3n) is 3.98. The lowest BCUT2D eigenvalue weighted by Gasteiger charge is -2.16. The van der Waals surface area contributed by atoms with Crippen molar-refractivity contribution in [1.82, 2.24) is 0 Å². The van der Waals surface area contributed by atoms with Crippen LogP contribution in [0.1, 0.15) is 45.7 Å². The van der Waals surface area contributed by atoms with Gasteiger partial charge in [0.25, 0.3) is 0 Å². The number of esters is 2. The van der Waals surface area contributed by atoms with Crippen molar-refractivity contribution in [2.75, 3.05) is 0 Å². The molecule has 0 fully saturated rings. The Morgan fingerprint density at radius 1 is 0.778 bits per heavy atom. The molecule has 1 aromatic carbocycles. The van der Waals surface area contributed by atoms with E-state index in [1.807, 2.05) is 40.7 Å². The van der Waals surface area contributed by atoms with Crippen molar-refractivity contribution < 1.29 is 19.1 Å². The monoisotopic (exact) mass is 488 g/mol. The standard InChI is InChI=1S/C28H28O4.2C2H6/c1-7-12-19-23(16-10-4)28(30)32-25-20-13-18-21(6)26(25)24(17-11-5)31-27(29)22(14-8-2)15-9-3;2*1-2/h7-20H,1-2,4-5H2,3,6H3;2*1-2H3/b15-9-,19-12-,22-14+,23-16+,24-17+;;. The third kappa shape index (κ3) is 11.8. The molecule has 0 heterocycles. The summed E-state index contributed by atoms with van der Waals surface area (Å²) in [6.45, 7) is 26.2. The maximum absolute atomic E-state index is 12.8. The minimum atomic E-state index is -0.597. The predicted molar refractivity (Wildman–Crippen MR) is 154 cm³/mol. The molecule has 0 atom stereocenters. The molecule has 4 heteroatoms. The molecule has 0 bridgehead atoms. The molecule has 0 unspecified atom stereocenters. The van der Waals surface area contributed by atoms with Gasteiger partial charge in [-0.15, -0.1) is 0 Å². The van der Waals surface area contributed by atoms with Gasteiger partial charge in [-0.1, -0.05) is 109 Å². The van der Waals surface area contributed by atoms with E-state index in [0.29, 0.717) is 11.1 Å². The van der Waals surface area contributed by atoms with Gasteiger partial charge in [0.15, 0.2) is 0 Å². The average Bonchev–Trinajstić information content (AvgIpc) is 2.88. The second-order valence-corrected chi connectivity index (χ2v) is 6.30. The zero-order valence-corrected chi connectivity index (χ0v) is 22.5. The molecule has 4 nitrogen and oxygen atoms in total. The van der Waals surface area contributed by atoms with Gasteiger partial charge in [-0.3, -0.25) is 0 Å². The van der Waals surface area contributed by atoms with Gasteiger partial charge in [0.05, 0.1) is 16.7 Å². The number of hydrogen-bond acceptors (Lipinski definition) is 4. The molecule has 0 saturated heterocycles. The molecule has 0 saturated carbocycles. The zero-order chi connectivity index (χ0) is 27.9. The van der Waals surface area contributed by atoms with E-state index < -0.39 is 11.9 Å². The summed E-state index contributed by atoms with van der Waals surface area (Å²) >= 11 is 0. The van der Waals surface area contributed by atoms with Crippen molar-refractivity contribution in [3.8, 4) is 5.75 Å². The molecule has 0 aliphatic heterocycles. The van der Waals surface area contributed by atoms with E-state index in [0.717, 1.165) is 5.56 Å².